The van der Waals surface area contributed by atoms with Crippen LogP contribution in [-0.4, -0.2) is 6.10 Å². The van der Waals surface area contributed by atoms with Crippen molar-refractivity contribution in [3.05, 3.63) is 150 Å². The zero-order valence-electron chi connectivity index (χ0n) is 24.0. The Balaban J connectivity index is 1.43. The highest BCUT2D eigenvalue weighted by Gasteiger charge is 2.44. The topological polar surface area (TPSA) is 12.5 Å². The van der Waals surface area contributed by atoms with Gasteiger partial charge in [0.25, 0.3) is 0 Å². The van der Waals surface area contributed by atoms with Gasteiger partial charge in [-0.05, 0) is 59.1 Å². The maximum Gasteiger partial charge on any atom is 0.122 e. The highest BCUT2D eigenvalue weighted by Crippen LogP contribution is 2.50. The first-order chi connectivity index (χ1) is 19.5. The minimum Gasteiger partial charge on any atom is -0.492 e. The van der Waals surface area contributed by atoms with Gasteiger partial charge in [-0.25, -0.2) is 0 Å². The van der Waals surface area contributed by atoms with Crippen molar-refractivity contribution in [3.8, 4) is 0 Å². The summed E-state index contributed by atoms with van der Waals surface area (Å²) >= 11 is 0. The average Bonchev–Trinajstić information content (AvgIpc) is 3.38. The Morgan fingerprint density at radius 1 is 0.675 bits per heavy atom. The summed E-state index contributed by atoms with van der Waals surface area (Å²) < 4.78 is 7.33. The largest absolute Gasteiger partial charge is 0.492 e. The molecule has 4 aromatic carbocycles. The van der Waals surface area contributed by atoms with Crippen molar-refractivity contribution in [2.24, 2.45) is 11.8 Å². The molecular formula is C38H41NO. The van der Waals surface area contributed by atoms with Crippen molar-refractivity contribution in [2.75, 3.05) is 4.90 Å². The SMILES string of the molecule is C[C@@H]1CC[C@@H](C(C)(C)c2ccccc2)[C@H](OC2=CC(c3ccccc3)N(c3ccccc3)C2c2ccccc2)C1. The third-order valence-electron chi connectivity index (χ3n) is 9.27. The van der Waals surface area contributed by atoms with Crippen LogP contribution in [0.1, 0.15) is 68.8 Å². The quantitative estimate of drug-likeness (QED) is 0.237. The third-order valence-corrected chi connectivity index (χ3v) is 9.27. The standard InChI is InChI=1S/C38H41NO/c1-28-24-25-33(38(2,3)31-20-12-6-13-21-31)35(26-28)40-36-27-34(29-16-8-4-9-17-29)39(32-22-14-7-15-23-32)37(36)30-18-10-5-11-19-30/h4-23,27-28,33-35,37H,24-26H2,1-3H3/t28-,33-,34?,35-,37?/m1/s1. The van der Waals surface area contributed by atoms with Crippen LogP contribution in [0.5, 0.6) is 0 Å². The lowest BCUT2D eigenvalue weighted by Crippen LogP contribution is -2.43. The van der Waals surface area contributed by atoms with Crippen LogP contribution >= 0.6 is 0 Å². The molecule has 2 heteroatoms. The lowest BCUT2D eigenvalue weighted by Gasteiger charge is -2.45. The van der Waals surface area contributed by atoms with Crippen LogP contribution in [0.3, 0.4) is 0 Å². The van der Waals surface area contributed by atoms with E-state index in [0.29, 0.717) is 11.8 Å². The number of rotatable bonds is 7. The fourth-order valence-corrected chi connectivity index (χ4v) is 7.05. The average molecular weight is 528 g/mol. The van der Waals surface area contributed by atoms with Crippen LogP contribution in [0.15, 0.2) is 133 Å². The molecule has 40 heavy (non-hydrogen) atoms. The van der Waals surface area contributed by atoms with Crippen LogP contribution in [0.25, 0.3) is 0 Å². The molecule has 2 nitrogen and oxygen atoms in total. The fraction of sp³-hybridized carbons (Fsp3) is 0.316. The monoisotopic (exact) mass is 527 g/mol. The van der Waals surface area contributed by atoms with Crippen molar-refractivity contribution >= 4 is 5.69 Å². The molecule has 1 saturated carbocycles. The third kappa shape index (κ3) is 5.20. The van der Waals surface area contributed by atoms with Crippen molar-refractivity contribution < 1.29 is 4.74 Å². The van der Waals surface area contributed by atoms with E-state index < -0.39 is 0 Å². The molecule has 1 fully saturated rings. The van der Waals surface area contributed by atoms with Gasteiger partial charge < -0.3 is 9.64 Å². The van der Waals surface area contributed by atoms with Crippen LogP contribution in [-0.2, 0) is 10.2 Å². The Morgan fingerprint density at radius 3 is 1.85 bits per heavy atom. The van der Waals surface area contributed by atoms with Gasteiger partial charge in [-0.2, -0.15) is 0 Å². The van der Waals surface area contributed by atoms with Gasteiger partial charge in [0, 0.05) is 11.6 Å². The van der Waals surface area contributed by atoms with Gasteiger partial charge in [0.2, 0.25) is 0 Å². The Bertz CT molecular complexity index is 1400. The molecule has 1 heterocycles. The van der Waals surface area contributed by atoms with E-state index in [-0.39, 0.29) is 23.6 Å². The number of para-hydroxylation sites is 1. The zero-order valence-corrected chi connectivity index (χ0v) is 24.0. The Labute approximate surface area is 240 Å². The van der Waals surface area contributed by atoms with Gasteiger partial charge in [-0.1, -0.05) is 136 Å². The van der Waals surface area contributed by atoms with Gasteiger partial charge in [0.1, 0.15) is 17.9 Å². The summed E-state index contributed by atoms with van der Waals surface area (Å²) in [5.74, 6) is 2.17. The molecular weight excluding hydrogens is 486 g/mol. The van der Waals surface area contributed by atoms with E-state index in [0.717, 1.165) is 12.2 Å². The van der Waals surface area contributed by atoms with E-state index in [9.17, 15) is 0 Å². The summed E-state index contributed by atoms with van der Waals surface area (Å²) in [6, 6.07) is 43.7. The fourth-order valence-electron chi connectivity index (χ4n) is 7.05. The van der Waals surface area contributed by atoms with Gasteiger partial charge in [0.15, 0.2) is 0 Å². The predicted molar refractivity (Wildman–Crippen MR) is 166 cm³/mol. The van der Waals surface area contributed by atoms with Crippen LogP contribution < -0.4 is 4.90 Å². The van der Waals surface area contributed by atoms with Gasteiger partial charge in [0.05, 0.1) is 6.04 Å². The molecule has 0 bridgehead atoms. The molecule has 0 saturated heterocycles. The minimum absolute atomic E-state index is 0.00604. The predicted octanol–water partition coefficient (Wildman–Crippen LogP) is 9.67. The maximum atomic E-state index is 7.33. The zero-order chi connectivity index (χ0) is 27.5. The smallest absolute Gasteiger partial charge is 0.122 e. The van der Waals surface area contributed by atoms with Gasteiger partial charge in [-0.3, -0.25) is 0 Å². The molecule has 5 atom stereocenters. The molecule has 6 rings (SSSR count). The highest BCUT2D eigenvalue weighted by atomic mass is 16.5. The number of anilines is 1. The lowest BCUT2D eigenvalue weighted by atomic mass is 9.64. The molecule has 1 aliphatic heterocycles. The van der Waals surface area contributed by atoms with E-state index >= 15 is 0 Å². The number of nitrogens with zero attached hydrogens (tertiary/aromatic N) is 1. The van der Waals surface area contributed by atoms with Crippen LogP contribution in [0.2, 0.25) is 0 Å². The van der Waals surface area contributed by atoms with Crippen molar-refractivity contribution in [3.63, 3.8) is 0 Å². The molecule has 2 unspecified atom stereocenters. The minimum atomic E-state index is 0.00604. The second-order valence-corrected chi connectivity index (χ2v) is 12.2. The molecule has 2 aliphatic rings. The number of hydrogen-bond acceptors (Lipinski definition) is 2. The molecule has 0 amide bonds. The van der Waals surface area contributed by atoms with Crippen molar-refractivity contribution in [2.45, 2.75) is 63.6 Å². The van der Waals surface area contributed by atoms with Crippen molar-refractivity contribution in [1.29, 1.82) is 0 Å². The Morgan fingerprint density at radius 2 is 1.23 bits per heavy atom. The van der Waals surface area contributed by atoms with E-state index in [1.807, 2.05) is 0 Å². The van der Waals surface area contributed by atoms with E-state index in [2.05, 4.69) is 153 Å². The molecule has 4 aromatic rings. The second-order valence-electron chi connectivity index (χ2n) is 12.2. The maximum absolute atomic E-state index is 7.33. The summed E-state index contributed by atoms with van der Waals surface area (Å²) in [4.78, 5) is 2.55. The van der Waals surface area contributed by atoms with Crippen LogP contribution in [0.4, 0.5) is 5.69 Å². The number of benzene rings is 4. The van der Waals surface area contributed by atoms with Gasteiger partial charge in [-0.15, -0.1) is 0 Å². The first-order valence-electron chi connectivity index (χ1n) is 14.9. The summed E-state index contributed by atoms with van der Waals surface area (Å²) in [5, 5.41) is 0. The molecule has 0 aromatic heterocycles. The van der Waals surface area contributed by atoms with E-state index in [4.69, 9.17) is 4.74 Å². The first-order valence-corrected chi connectivity index (χ1v) is 14.9. The van der Waals surface area contributed by atoms with Crippen molar-refractivity contribution in [1.82, 2.24) is 0 Å². The summed E-state index contributed by atoms with van der Waals surface area (Å²) in [6.45, 7) is 7.23. The molecule has 204 valence electrons. The van der Waals surface area contributed by atoms with Crippen LogP contribution in [0, 0.1) is 11.8 Å². The molecule has 0 N–H and O–H groups in total. The highest BCUT2D eigenvalue weighted by molar-refractivity contribution is 5.58. The molecule has 0 radical (unpaired) electrons. The second kappa shape index (κ2) is 11.4. The normalized spacial score (nSPS) is 24.9. The summed E-state index contributed by atoms with van der Waals surface area (Å²) in [6.07, 6.45) is 6.07. The Hall–Kier alpha value is -3.78. The lowest BCUT2D eigenvalue weighted by molar-refractivity contribution is -0.0154. The van der Waals surface area contributed by atoms with Gasteiger partial charge >= 0.3 is 0 Å². The number of ether oxygens (including phenoxy) is 1. The Kier molecular flexibility index (Phi) is 7.52. The summed E-state index contributed by atoms with van der Waals surface area (Å²) in [7, 11) is 0. The van der Waals surface area contributed by atoms with E-state index in [1.165, 1.54) is 35.2 Å². The molecule has 1 aliphatic carbocycles. The first kappa shape index (κ1) is 26.4. The van der Waals surface area contributed by atoms with E-state index in [1.54, 1.807) is 0 Å². The molecule has 0 spiro atoms. The number of hydrogen-bond donors (Lipinski definition) is 0. The summed E-state index contributed by atoms with van der Waals surface area (Å²) in [5.41, 5.74) is 5.17.